The van der Waals surface area contributed by atoms with Gasteiger partial charge in [-0.3, -0.25) is 4.90 Å². The Balaban J connectivity index is 1.43. The number of hydrogen-bond acceptors (Lipinski definition) is 7. The van der Waals surface area contributed by atoms with Crippen molar-refractivity contribution in [1.29, 1.82) is 0 Å². The maximum absolute atomic E-state index is 15.0. The van der Waals surface area contributed by atoms with E-state index in [4.69, 9.17) is 9.84 Å². The molecule has 2 aromatic heterocycles. The zero-order chi connectivity index (χ0) is 25.4. The lowest BCUT2D eigenvalue weighted by molar-refractivity contribution is 0.250. The van der Waals surface area contributed by atoms with E-state index in [1.165, 1.54) is 6.07 Å². The molecule has 0 radical (unpaired) electrons. The number of anilines is 1. The van der Waals surface area contributed by atoms with E-state index in [0.717, 1.165) is 59.7 Å². The Labute approximate surface area is 209 Å². The molecule has 9 heteroatoms. The van der Waals surface area contributed by atoms with Crippen molar-refractivity contribution in [3.05, 3.63) is 65.2 Å². The van der Waals surface area contributed by atoms with Crippen LogP contribution in [-0.2, 0) is 6.54 Å². The largest absolute Gasteiger partial charge is 0.508 e. The summed E-state index contributed by atoms with van der Waals surface area (Å²) < 4.78 is 22.1. The summed E-state index contributed by atoms with van der Waals surface area (Å²) >= 11 is 0. The maximum atomic E-state index is 15.0. The summed E-state index contributed by atoms with van der Waals surface area (Å²) in [5, 5.41) is 24.5. The molecule has 0 bridgehead atoms. The van der Waals surface area contributed by atoms with Gasteiger partial charge in [-0.15, -0.1) is 5.10 Å². The monoisotopic (exact) mass is 490 g/mol. The molecule has 0 saturated carbocycles. The fourth-order valence-electron chi connectivity index (χ4n) is 5.04. The van der Waals surface area contributed by atoms with Gasteiger partial charge >= 0.3 is 0 Å². The van der Waals surface area contributed by atoms with E-state index >= 15 is 4.39 Å². The number of halogens is 1. The lowest BCUT2D eigenvalue weighted by atomic mass is 10.1. The number of aromatic hydroxyl groups is 1. The molecule has 1 aliphatic heterocycles. The highest BCUT2D eigenvalue weighted by atomic mass is 19.1. The lowest BCUT2D eigenvalue weighted by Crippen LogP contribution is -2.34. The summed E-state index contributed by atoms with van der Waals surface area (Å²) in [5.74, 6) is 1.09. The van der Waals surface area contributed by atoms with Gasteiger partial charge in [0.05, 0.1) is 23.4 Å². The maximum Gasteiger partial charge on any atom is 0.179 e. The molecule has 1 saturated heterocycles. The van der Waals surface area contributed by atoms with Crippen LogP contribution in [0.2, 0.25) is 0 Å². The third-order valence-electron chi connectivity index (χ3n) is 6.87. The van der Waals surface area contributed by atoms with E-state index in [0.29, 0.717) is 24.1 Å². The standard InChI is InChI=1S/C27H31FN6O2/c1-5-36-22-9-10-24(23(28)14-22)34-18(3)25-17(2)29-30-27(26(25)31-34)33-12-11-20(16-33)32(4)15-19-7-6-8-21(35)13-19/h6-10,13-14,20,35H,5,11-12,15-16H2,1-4H3/t20-/m0/s1. The summed E-state index contributed by atoms with van der Waals surface area (Å²) in [6.07, 6.45) is 0.972. The minimum Gasteiger partial charge on any atom is -0.508 e. The van der Waals surface area contributed by atoms with Crippen LogP contribution >= 0.6 is 0 Å². The van der Waals surface area contributed by atoms with Crippen LogP contribution in [0.4, 0.5) is 10.2 Å². The highest BCUT2D eigenvalue weighted by molar-refractivity contribution is 5.92. The Morgan fingerprint density at radius 2 is 2.00 bits per heavy atom. The molecule has 8 nitrogen and oxygen atoms in total. The molecule has 0 unspecified atom stereocenters. The molecule has 5 rings (SSSR count). The van der Waals surface area contributed by atoms with Gasteiger partial charge in [0.2, 0.25) is 0 Å². The predicted molar refractivity (Wildman–Crippen MR) is 137 cm³/mol. The zero-order valence-corrected chi connectivity index (χ0v) is 21.1. The van der Waals surface area contributed by atoms with Crippen LogP contribution in [0.5, 0.6) is 11.5 Å². The number of aryl methyl sites for hydroxylation is 2. The van der Waals surface area contributed by atoms with Gasteiger partial charge in [-0.2, -0.15) is 10.2 Å². The molecule has 0 aliphatic carbocycles. The number of nitrogens with zero attached hydrogens (tertiary/aromatic N) is 6. The first-order chi connectivity index (χ1) is 17.4. The minimum absolute atomic E-state index is 0.279. The molecule has 0 amide bonds. The van der Waals surface area contributed by atoms with Gasteiger partial charge < -0.3 is 14.7 Å². The van der Waals surface area contributed by atoms with Crippen LogP contribution in [-0.4, -0.2) is 62.8 Å². The quantitative estimate of drug-likeness (QED) is 0.412. The van der Waals surface area contributed by atoms with Crippen LogP contribution in [0, 0.1) is 19.7 Å². The normalized spacial score (nSPS) is 15.8. The summed E-state index contributed by atoms with van der Waals surface area (Å²) in [6, 6.07) is 12.5. The van der Waals surface area contributed by atoms with Crippen LogP contribution in [0.15, 0.2) is 42.5 Å². The molecule has 1 aliphatic rings. The van der Waals surface area contributed by atoms with E-state index in [1.54, 1.807) is 28.9 Å². The molecule has 188 valence electrons. The third kappa shape index (κ3) is 4.46. The molecular formula is C27H31FN6O2. The number of fused-ring (bicyclic) bond motifs is 1. The first-order valence-corrected chi connectivity index (χ1v) is 12.2. The van der Waals surface area contributed by atoms with Crippen molar-refractivity contribution in [1.82, 2.24) is 24.9 Å². The number of phenols is 1. The van der Waals surface area contributed by atoms with Gasteiger partial charge in [-0.25, -0.2) is 9.07 Å². The number of aromatic nitrogens is 4. The second-order valence-corrected chi connectivity index (χ2v) is 9.35. The van der Waals surface area contributed by atoms with Crippen LogP contribution in [0.3, 0.4) is 0 Å². The number of benzene rings is 2. The Kier molecular flexibility index (Phi) is 6.49. The van der Waals surface area contributed by atoms with Crippen LogP contribution in [0.1, 0.15) is 30.3 Å². The van der Waals surface area contributed by atoms with Gasteiger partial charge in [0, 0.05) is 31.7 Å². The van der Waals surface area contributed by atoms with E-state index in [-0.39, 0.29) is 5.75 Å². The topological polar surface area (TPSA) is 79.5 Å². The van der Waals surface area contributed by atoms with Crippen molar-refractivity contribution < 1.29 is 14.2 Å². The number of hydrogen-bond donors (Lipinski definition) is 1. The van der Waals surface area contributed by atoms with Gasteiger partial charge in [0.15, 0.2) is 11.6 Å². The van der Waals surface area contributed by atoms with E-state index in [2.05, 4.69) is 27.0 Å². The molecular weight excluding hydrogens is 459 g/mol. The number of likely N-dealkylation sites (N-methyl/N-ethyl adjacent to an activating group) is 1. The summed E-state index contributed by atoms with van der Waals surface area (Å²) in [4.78, 5) is 4.51. The first-order valence-electron chi connectivity index (χ1n) is 12.2. The minimum atomic E-state index is -0.396. The molecule has 2 aromatic carbocycles. The lowest BCUT2D eigenvalue weighted by Gasteiger charge is -2.25. The van der Waals surface area contributed by atoms with E-state index < -0.39 is 5.82 Å². The Morgan fingerprint density at radius 1 is 1.17 bits per heavy atom. The van der Waals surface area contributed by atoms with Gasteiger partial charge in [0.25, 0.3) is 0 Å². The number of ether oxygens (including phenoxy) is 1. The summed E-state index contributed by atoms with van der Waals surface area (Å²) in [6.45, 7) is 8.53. The number of rotatable bonds is 7. The van der Waals surface area contributed by atoms with Gasteiger partial charge in [-0.1, -0.05) is 12.1 Å². The van der Waals surface area contributed by atoms with Crippen molar-refractivity contribution in [2.24, 2.45) is 0 Å². The number of phenolic OH excluding ortho intramolecular Hbond substituents is 1. The summed E-state index contributed by atoms with van der Waals surface area (Å²) in [5.41, 5.74) is 3.74. The third-order valence-corrected chi connectivity index (χ3v) is 6.87. The average molecular weight is 491 g/mol. The van der Waals surface area contributed by atoms with Crippen molar-refractivity contribution in [2.45, 2.75) is 39.8 Å². The first kappa shape index (κ1) is 24.0. The molecule has 1 fully saturated rings. The van der Waals surface area contributed by atoms with E-state index in [1.807, 2.05) is 32.9 Å². The second-order valence-electron chi connectivity index (χ2n) is 9.35. The fourth-order valence-corrected chi connectivity index (χ4v) is 5.04. The molecule has 0 spiro atoms. The van der Waals surface area contributed by atoms with Crippen molar-refractivity contribution in [3.63, 3.8) is 0 Å². The predicted octanol–water partition coefficient (Wildman–Crippen LogP) is 4.39. The SMILES string of the molecule is CCOc1ccc(-n2nc3c(N4CC[C@H](N(C)Cc5cccc(O)c5)C4)nnc(C)c3c2C)c(F)c1. The van der Waals surface area contributed by atoms with Crippen molar-refractivity contribution in [3.8, 4) is 17.2 Å². The van der Waals surface area contributed by atoms with Gasteiger partial charge in [-0.05, 0) is 64.1 Å². The fraction of sp³-hybridized carbons (Fsp3) is 0.370. The smallest absolute Gasteiger partial charge is 0.179 e. The Hall–Kier alpha value is -3.72. The van der Waals surface area contributed by atoms with Crippen molar-refractivity contribution >= 4 is 16.7 Å². The van der Waals surface area contributed by atoms with Crippen molar-refractivity contribution in [2.75, 3.05) is 31.6 Å². The Morgan fingerprint density at radius 3 is 2.75 bits per heavy atom. The molecule has 1 N–H and O–H groups in total. The Bertz CT molecular complexity index is 1400. The summed E-state index contributed by atoms with van der Waals surface area (Å²) in [7, 11) is 2.10. The molecule has 4 aromatic rings. The zero-order valence-electron chi connectivity index (χ0n) is 21.1. The van der Waals surface area contributed by atoms with Gasteiger partial charge in [0.1, 0.15) is 22.7 Å². The van der Waals surface area contributed by atoms with E-state index in [9.17, 15) is 5.11 Å². The second kappa shape index (κ2) is 9.73. The average Bonchev–Trinajstić information content (AvgIpc) is 3.46. The van der Waals surface area contributed by atoms with Crippen LogP contribution < -0.4 is 9.64 Å². The molecule has 36 heavy (non-hydrogen) atoms. The molecule has 3 heterocycles. The van der Waals surface area contributed by atoms with Crippen LogP contribution in [0.25, 0.3) is 16.6 Å². The highest BCUT2D eigenvalue weighted by Crippen LogP contribution is 2.32. The highest BCUT2D eigenvalue weighted by Gasteiger charge is 2.30. The molecule has 1 atom stereocenters.